The van der Waals surface area contributed by atoms with Crippen LogP contribution in [0.2, 0.25) is 0 Å². The van der Waals surface area contributed by atoms with E-state index in [1.54, 1.807) is 11.3 Å². The van der Waals surface area contributed by atoms with Crippen LogP contribution in [0.4, 0.5) is 5.69 Å². The highest BCUT2D eigenvalue weighted by Gasteiger charge is 2.01. The predicted molar refractivity (Wildman–Crippen MR) is 52.2 cm³/mol. The largest absolute Gasteiger partial charge is 0.324 e. The van der Waals surface area contributed by atoms with Gasteiger partial charge in [0.2, 0.25) is 0 Å². The maximum atomic E-state index is 5.34. The Kier molecular flexibility index (Phi) is 1.71. The topological polar surface area (TPSA) is 50.9 Å². The third kappa shape index (κ3) is 1.05. The van der Waals surface area contributed by atoms with Gasteiger partial charge >= 0.3 is 0 Å². The first kappa shape index (κ1) is 7.52. The number of fused-ring (bicyclic) bond motifs is 1. The van der Waals surface area contributed by atoms with Crippen LogP contribution < -0.4 is 11.3 Å². The molecule has 1 aromatic heterocycles. The lowest BCUT2D eigenvalue weighted by molar-refractivity contribution is 1.32. The van der Waals surface area contributed by atoms with Crippen LogP contribution in [0.15, 0.2) is 17.6 Å². The van der Waals surface area contributed by atoms with Gasteiger partial charge in [-0.3, -0.25) is 5.84 Å². The van der Waals surface area contributed by atoms with Crippen molar-refractivity contribution in [2.24, 2.45) is 5.84 Å². The fourth-order valence-corrected chi connectivity index (χ4v) is 1.86. The quantitative estimate of drug-likeness (QED) is 0.519. The molecule has 0 radical (unpaired) electrons. The van der Waals surface area contributed by atoms with E-state index in [-0.39, 0.29) is 0 Å². The van der Waals surface area contributed by atoms with Gasteiger partial charge in [-0.25, -0.2) is 4.98 Å². The molecule has 12 heavy (non-hydrogen) atoms. The minimum absolute atomic E-state index is 0.965. The van der Waals surface area contributed by atoms with Crippen molar-refractivity contribution in [3.63, 3.8) is 0 Å². The van der Waals surface area contributed by atoms with Gasteiger partial charge in [-0.1, -0.05) is 0 Å². The molecule has 4 heteroatoms. The second-order valence-corrected chi connectivity index (χ2v) is 3.52. The molecule has 0 atom stereocenters. The maximum Gasteiger partial charge on any atom is 0.0816 e. The Morgan fingerprint density at radius 2 is 2.33 bits per heavy atom. The van der Waals surface area contributed by atoms with E-state index < -0.39 is 0 Å². The van der Waals surface area contributed by atoms with E-state index >= 15 is 0 Å². The van der Waals surface area contributed by atoms with E-state index in [2.05, 4.69) is 10.4 Å². The number of rotatable bonds is 1. The molecular weight excluding hydrogens is 170 g/mol. The molecule has 0 saturated carbocycles. The summed E-state index contributed by atoms with van der Waals surface area (Å²) >= 11 is 1.62. The Morgan fingerprint density at radius 3 is 3.08 bits per heavy atom. The first-order chi connectivity index (χ1) is 5.81. The lowest BCUT2D eigenvalue weighted by Crippen LogP contribution is -2.07. The number of hydrazine groups is 1. The van der Waals surface area contributed by atoms with E-state index in [1.807, 2.05) is 24.6 Å². The summed E-state index contributed by atoms with van der Waals surface area (Å²) in [5.41, 5.74) is 7.62. The van der Waals surface area contributed by atoms with Crippen LogP contribution in [0.25, 0.3) is 10.2 Å². The summed E-state index contributed by atoms with van der Waals surface area (Å²) in [5, 5.41) is 0. The third-order valence-corrected chi connectivity index (χ3v) is 2.62. The number of thiazole rings is 1. The number of hydrogen-bond acceptors (Lipinski definition) is 4. The molecule has 0 aliphatic heterocycles. The molecule has 3 nitrogen and oxygen atoms in total. The van der Waals surface area contributed by atoms with Gasteiger partial charge in [0.15, 0.2) is 0 Å². The monoisotopic (exact) mass is 179 g/mol. The van der Waals surface area contributed by atoms with E-state index in [0.717, 1.165) is 21.5 Å². The van der Waals surface area contributed by atoms with Gasteiger partial charge in [0, 0.05) is 0 Å². The summed E-state index contributed by atoms with van der Waals surface area (Å²) in [6.45, 7) is 2.01. The molecule has 2 aromatic rings. The Balaban J connectivity index is 2.73. The first-order valence-corrected chi connectivity index (χ1v) is 4.49. The van der Waals surface area contributed by atoms with Gasteiger partial charge < -0.3 is 5.43 Å². The molecule has 0 aliphatic rings. The zero-order valence-corrected chi connectivity index (χ0v) is 7.48. The Morgan fingerprint density at radius 1 is 1.50 bits per heavy atom. The highest BCUT2D eigenvalue weighted by Crippen LogP contribution is 2.24. The van der Waals surface area contributed by atoms with Crippen molar-refractivity contribution in [3.05, 3.63) is 23.2 Å². The molecule has 2 rings (SSSR count). The fraction of sp³-hybridized carbons (Fsp3) is 0.125. The van der Waals surface area contributed by atoms with Gasteiger partial charge in [-0.15, -0.1) is 11.3 Å². The van der Waals surface area contributed by atoms with Crippen molar-refractivity contribution < 1.29 is 0 Å². The van der Waals surface area contributed by atoms with Crippen LogP contribution in [-0.2, 0) is 0 Å². The molecule has 3 N–H and O–H groups in total. The van der Waals surface area contributed by atoms with Crippen LogP contribution in [0.3, 0.4) is 0 Å². The number of nitrogens with two attached hydrogens (primary N) is 1. The van der Waals surface area contributed by atoms with Crippen molar-refractivity contribution in [1.29, 1.82) is 0 Å². The zero-order chi connectivity index (χ0) is 8.55. The number of aromatic nitrogens is 1. The van der Waals surface area contributed by atoms with Gasteiger partial charge in [0.25, 0.3) is 0 Å². The minimum atomic E-state index is 0.965. The van der Waals surface area contributed by atoms with E-state index in [9.17, 15) is 0 Å². The second-order valence-electron chi connectivity index (χ2n) is 2.63. The van der Waals surface area contributed by atoms with Crippen molar-refractivity contribution >= 4 is 27.2 Å². The smallest absolute Gasteiger partial charge is 0.0816 e. The number of anilines is 1. The zero-order valence-electron chi connectivity index (χ0n) is 6.66. The fourth-order valence-electron chi connectivity index (χ4n) is 1.16. The molecule has 0 amide bonds. The Hall–Kier alpha value is -1.13. The molecule has 0 unspecified atom stereocenters. The van der Waals surface area contributed by atoms with E-state index in [4.69, 9.17) is 5.84 Å². The summed E-state index contributed by atoms with van der Waals surface area (Å²) in [5.74, 6) is 5.34. The lowest BCUT2D eigenvalue weighted by Gasteiger charge is -2.03. The highest BCUT2D eigenvalue weighted by atomic mass is 32.1. The van der Waals surface area contributed by atoms with E-state index in [1.165, 1.54) is 0 Å². The van der Waals surface area contributed by atoms with Gasteiger partial charge in [0.05, 0.1) is 21.4 Å². The minimum Gasteiger partial charge on any atom is -0.324 e. The maximum absolute atomic E-state index is 5.34. The third-order valence-electron chi connectivity index (χ3n) is 1.83. The SMILES string of the molecule is Cc1cc2ncsc2cc1NN. The lowest BCUT2D eigenvalue weighted by atomic mass is 10.2. The second kappa shape index (κ2) is 2.73. The van der Waals surface area contributed by atoms with Gasteiger partial charge in [-0.05, 0) is 24.6 Å². The molecule has 1 heterocycles. The van der Waals surface area contributed by atoms with Gasteiger partial charge in [-0.2, -0.15) is 0 Å². The Bertz CT molecular complexity index is 408. The van der Waals surface area contributed by atoms with Crippen molar-refractivity contribution in [2.45, 2.75) is 6.92 Å². The van der Waals surface area contributed by atoms with Crippen LogP contribution >= 0.6 is 11.3 Å². The van der Waals surface area contributed by atoms with Crippen LogP contribution in [-0.4, -0.2) is 4.98 Å². The summed E-state index contributed by atoms with van der Waals surface area (Å²) in [7, 11) is 0. The average molecular weight is 179 g/mol. The van der Waals surface area contributed by atoms with Crippen molar-refractivity contribution in [2.75, 3.05) is 5.43 Å². The molecule has 0 aliphatic carbocycles. The standard InChI is InChI=1S/C8H9N3S/c1-5-2-7-8(12-4-10-7)3-6(5)11-9/h2-4,11H,9H2,1H3. The first-order valence-electron chi connectivity index (χ1n) is 3.62. The summed E-state index contributed by atoms with van der Waals surface area (Å²) in [6, 6.07) is 4.04. The van der Waals surface area contributed by atoms with Crippen LogP contribution in [0.1, 0.15) is 5.56 Å². The molecular formula is C8H9N3S. The number of benzene rings is 1. The molecule has 0 spiro atoms. The summed E-state index contributed by atoms with van der Waals surface area (Å²) in [4.78, 5) is 4.20. The summed E-state index contributed by atoms with van der Waals surface area (Å²) < 4.78 is 1.16. The highest BCUT2D eigenvalue weighted by molar-refractivity contribution is 7.16. The number of nitrogens with one attached hydrogen (secondary N) is 1. The van der Waals surface area contributed by atoms with Crippen molar-refractivity contribution in [1.82, 2.24) is 4.98 Å². The van der Waals surface area contributed by atoms with E-state index in [0.29, 0.717) is 0 Å². The number of nitrogens with zero attached hydrogens (tertiary/aromatic N) is 1. The van der Waals surface area contributed by atoms with Crippen LogP contribution in [0.5, 0.6) is 0 Å². The molecule has 1 aromatic carbocycles. The molecule has 0 bridgehead atoms. The Labute approximate surface area is 74.2 Å². The van der Waals surface area contributed by atoms with Crippen LogP contribution in [0, 0.1) is 6.92 Å². The predicted octanol–water partition coefficient (Wildman–Crippen LogP) is 1.89. The van der Waals surface area contributed by atoms with Crippen molar-refractivity contribution in [3.8, 4) is 0 Å². The normalized spacial score (nSPS) is 10.5. The average Bonchev–Trinajstić information content (AvgIpc) is 2.49. The summed E-state index contributed by atoms with van der Waals surface area (Å²) in [6.07, 6.45) is 0. The number of hydrogen-bond donors (Lipinski definition) is 2. The molecule has 62 valence electrons. The molecule has 0 saturated heterocycles. The van der Waals surface area contributed by atoms with Gasteiger partial charge in [0.1, 0.15) is 0 Å². The molecule has 0 fully saturated rings. The number of nitrogen functional groups attached to an aromatic ring is 1. The number of aryl methyl sites for hydroxylation is 1.